The molecule has 4 aromatic carbocycles. The van der Waals surface area contributed by atoms with Gasteiger partial charge in [-0.25, -0.2) is 16.8 Å². The lowest BCUT2D eigenvalue weighted by Gasteiger charge is -2.33. The third-order valence-electron chi connectivity index (χ3n) is 16.7. The first-order chi connectivity index (χ1) is 50.9. The van der Waals surface area contributed by atoms with Crippen LogP contribution in [-0.4, -0.2) is 275 Å². The molecule has 4 aromatic rings. The molecular formula is C76H114Cl4N2O21S2. The Labute approximate surface area is 644 Å². The first-order valence-electron chi connectivity index (χ1n) is 36.6. The summed E-state index contributed by atoms with van der Waals surface area (Å²) in [5, 5.41) is 2.39. The monoisotopic (exact) mass is 1590 g/mol. The Morgan fingerprint density at radius 1 is 0.362 bits per heavy atom. The van der Waals surface area contributed by atoms with Crippen LogP contribution in [0.2, 0.25) is 20.1 Å². The lowest BCUT2D eigenvalue weighted by atomic mass is 9.85. The first-order valence-corrected chi connectivity index (χ1v) is 41.4. The number of benzene rings is 4. The zero-order chi connectivity index (χ0) is 75.6. The van der Waals surface area contributed by atoms with Crippen LogP contribution in [-0.2, 0) is 113 Å². The number of ether oxygens (including phenoxy) is 15. The highest BCUT2D eigenvalue weighted by atomic mass is 35.5. The summed E-state index contributed by atoms with van der Waals surface area (Å²) in [7, 11) is -2.94. The topological polar surface area (TPSA) is 247 Å². The SMILES string of the molecule is CCOCCOCCOCCC(=O)CCCOCCOCCOCCCS(=O)(=O)c1cccc(C2CN(C)Cc3c(Cl)cc(Cl)cc32)c1.CCOCCOCCOCCOCCOCCOCCC(=O)CCCOCCOCCOCCCS(=O)(=O)c1cccc(C2CN(C)Cc3c(Cl)cc(Cl)cc32)c1. The lowest BCUT2D eigenvalue weighted by Crippen LogP contribution is -2.31. The van der Waals surface area contributed by atoms with E-state index in [-0.39, 0.29) is 34.9 Å². The average Bonchev–Trinajstić information content (AvgIpc) is 0.796. The van der Waals surface area contributed by atoms with Crippen LogP contribution in [0.25, 0.3) is 0 Å². The highest BCUT2D eigenvalue weighted by Crippen LogP contribution is 2.41. The molecule has 594 valence electrons. The van der Waals surface area contributed by atoms with Crippen molar-refractivity contribution in [2.45, 2.75) is 99.9 Å². The molecule has 0 bridgehead atoms. The van der Waals surface area contributed by atoms with Gasteiger partial charge in [0.2, 0.25) is 0 Å². The summed E-state index contributed by atoms with van der Waals surface area (Å²) in [5.41, 5.74) is 5.95. The molecule has 0 amide bonds. The normalized spacial score (nSPS) is 14.9. The Kier molecular flexibility index (Phi) is 49.1. The Bertz CT molecular complexity index is 3270. The fourth-order valence-corrected chi connectivity index (χ4v) is 15.1. The maximum absolute atomic E-state index is 13.2. The number of nitrogens with zero attached hydrogens (tertiary/aromatic N) is 2. The van der Waals surface area contributed by atoms with Gasteiger partial charge in [-0.3, -0.25) is 9.59 Å². The number of hydrogen-bond acceptors (Lipinski definition) is 23. The molecule has 2 atom stereocenters. The molecule has 0 aliphatic carbocycles. The number of halogens is 4. The number of ketones is 2. The molecule has 105 heavy (non-hydrogen) atoms. The molecule has 0 saturated heterocycles. The van der Waals surface area contributed by atoms with Gasteiger partial charge >= 0.3 is 0 Å². The van der Waals surface area contributed by atoms with E-state index in [1.807, 2.05) is 52.2 Å². The van der Waals surface area contributed by atoms with Crippen molar-refractivity contribution >= 4 is 77.6 Å². The van der Waals surface area contributed by atoms with E-state index in [0.717, 1.165) is 46.5 Å². The van der Waals surface area contributed by atoms with Crippen molar-refractivity contribution < 1.29 is 97.5 Å². The van der Waals surface area contributed by atoms with Gasteiger partial charge in [-0.1, -0.05) is 70.7 Å². The molecule has 2 aliphatic heterocycles. The second-order valence-corrected chi connectivity index (χ2v) is 30.9. The number of rotatable bonds is 61. The largest absolute Gasteiger partial charge is 0.379 e. The van der Waals surface area contributed by atoms with Crippen LogP contribution in [0.4, 0.5) is 0 Å². The Morgan fingerprint density at radius 2 is 0.638 bits per heavy atom. The third kappa shape index (κ3) is 39.4. The average molecular weight is 1600 g/mol. The van der Waals surface area contributed by atoms with E-state index in [2.05, 4.69) is 9.80 Å². The Balaban J connectivity index is 0.000000383. The molecule has 2 heterocycles. The van der Waals surface area contributed by atoms with E-state index in [9.17, 15) is 26.4 Å². The second kappa shape index (κ2) is 55.9. The lowest BCUT2D eigenvalue weighted by molar-refractivity contribution is -0.121. The molecule has 0 spiro atoms. The predicted octanol–water partition coefficient (Wildman–Crippen LogP) is 11.2. The molecule has 2 unspecified atom stereocenters. The van der Waals surface area contributed by atoms with Crippen LogP contribution in [0.3, 0.4) is 0 Å². The molecule has 0 aromatic heterocycles. The third-order valence-corrected chi connectivity index (χ3v) is 21.4. The van der Waals surface area contributed by atoms with Crippen molar-refractivity contribution in [3.63, 3.8) is 0 Å². The Hall–Kier alpha value is -3.40. The minimum absolute atomic E-state index is 0.0101. The minimum Gasteiger partial charge on any atom is -0.379 e. The summed E-state index contributed by atoms with van der Waals surface area (Å²) in [6, 6.07) is 21.7. The minimum atomic E-state index is -3.50. The maximum Gasteiger partial charge on any atom is 0.178 e. The van der Waals surface area contributed by atoms with Crippen molar-refractivity contribution in [3.8, 4) is 0 Å². The van der Waals surface area contributed by atoms with Gasteiger partial charge < -0.3 is 80.9 Å². The molecule has 0 N–H and O–H groups in total. The summed E-state index contributed by atoms with van der Waals surface area (Å²) in [4.78, 5) is 29.0. The highest BCUT2D eigenvalue weighted by Gasteiger charge is 2.30. The van der Waals surface area contributed by atoms with Crippen LogP contribution in [0.15, 0.2) is 82.6 Å². The van der Waals surface area contributed by atoms with Gasteiger partial charge in [0, 0.05) is 123 Å². The number of likely N-dealkylation sites (N-methyl/N-ethyl adjacent to an activating group) is 2. The maximum atomic E-state index is 13.2. The van der Waals surface area contributed by atoms with E-state index in [0.29, 0.717) is 293 Å². The zero-order valence-corrected chi connectivity index (χ0v) is 66.6. The van der Waals surface area contributed by atoms with Crippen LogP contribution in [0, 0.1) is 0 Å². The standard InChI is InChI=1S/C41H63Cl2NO12S.C35H51Cl2NO9S/c1-3-48-14-15-52-22-23-55-26-27-56-25-24-54-21-18-51-13-10-36(45)8-5-11-49-16-19-53-20-17-50-12-6-28-57(46,47)37-9-4-7-34(29-37)39-32-44(2)33-40-38(39)30-35(42)31-41(40)43;1-3-42-14-15-46-21-18-45-13-10-30(39)8-5-11-43-16-19-47-20-17-44-12-6-22-48(40,41)31-9-4-7-28(23-31)33-26-38(2)27-34-32(33)24-29(36)25-35(34)37/h4,7,9,29-31,39H,3,5-6,8,10-28,32-33H2,1-2H3;4,7,9,23-25,33H,3,5-6,8,10-22,26-27H2,1-2H3. The summed E-state index contributed by atoms with van der Waals surface area (Å²) < 4.78 is 134. The van der Waals surface area contributed by atoms with Crippen LogP contribution >= 0.6 is 46.4 Å². The quantitative estimate of drug-likeness (QED) is 0.0373. The predicted molar refractivity (Wildman–Crippen MR) is 407 cm³/mol. The molecular weight excluding hydrogens is 1480 g/mol. The van der Waals surface area contributed by atoms with Crippen molar-refractivity contribution in [2.75, 3.05) is 237 Å². The smallest absolute Gasteiger partial charge is 0.178 e. The molecule has 2 aliphatic rings. The van der Waals surface area contributed by atoms with E-state index < -0.39 is 19.7 Å². The van der Waals surface area contributed by atoms with E-state index >= 15 is 0 Å². The van der Waals surface area contributed by atoms with Crippen molar-refractivity contribution in [2.24, 2.45) is 0 Å². The van der Waals surface area contributed by atoms with Crippen molar-refractivity contribution in [3.05, 3.63) is 126 Å². The van der Waals surface area contributed by atoms with Crippen LogP contribution in [0.1, 0.15) is 110 Å². The second-order valence-electron chi connectivity index (χ2n) is 25.0. The molecule has 23 nitrogen and oxygen atoms in total. The highest BCUT2D eigenvalue weighted by molar-refractivity contribution is 7.91. The first kappa shape index (κ1) is 92.2. The number of Topliss-reactive ketones (excluding diaryl/α,β-unsaturated/α-hetero) is 2. The summed E-state index contributed by atoms with van der Waals surface area (Å²) in [6.07, 6.45) is 3.70. The van der Waals surface area contributed by atoms with E-state index in [1.165, 1.54) is 0 Å². The fraction of sp³-hybridized carbons (Fsp3) is 0.658. The van der Waals surface area contributed by atoms with Gasteiger partial charge in [-0.15, -0.1) is 0 Å². The summed E-state index contributed by atoms with van der Waals surface area (Å²) in [5.74, 6) is 0.185. The molecule has 0 saturated carbocycles. The van der Waals surface area contributed by atoms with Gasteiger partial charge in [0.1, 0.15) is 11.6 Å². The van der Waals surface area contributed by atoms with Crippen molar-refractivity contribution in [1.82, 2.24) is 9.80 Å². The number of carbonyl (C=O) groups is 2. The van der Waals surface area contributed by atoms with Crippen LogP contribution < -0.4 is 0 Å². The summed E-state index contributed by atoms with van der Waals surface area (Å²) in [6.45, 7) is 20.8. The van der Waals surface area contributed by atoms with Gasteiger partial charge in [0.15, 0.2) is 19.7 Å². The zero-order valence-electron chi connectivity index (χ0n) is 62.0. The van der Waals surface area contributed by atoms with Gasteiger partial charge in [-0.05, 0) is 136 Å². The molecule has 29 heteroatoms. The van der Waals surface area contributed by atoms with E-state index in [1.54, 1.807) is 48.5 Å². The number of sulfone groups is 2. The molecule has 6 rings (SSSR count). The molecule has 0 radical (unpaired) electrons. The Morgan fingerprint density at radius 3 is 0.943 bits per heavy atom. The number of fused-ring (bicyclic) bond motifs is 2. The van der Waals surface area contributed by atoms with Gasteiger partial charge in [-0.2, -0.15) is 0 Å². The van der Waals surface area contributed by atoms with Gasteiger partial charge in [0.25, 0.3) is 0 Å². The van der Waals surface area contributed by atoms with Gasteiger partial charge in [0.05, 0.1) is 180 Å². The number of hydrogen-bond donors (Lipinski definition) is 0. The fourth-order valence-electron chi connectivity index (χ4n) is 11.3. The molecule has 0 fully saturated rings. The number of carbonyl (C=O) groups excluding carboxylic acids is 2. The summed E-state index contributed by atoms with van der Waals surface area (Å²) >= 11 is 25.7. The van der Waals surface area contributed by atoms with Crippen LogP contribution in [0.5, 0.6) is 0 Å². The van der Waals surface area contributed by atoms with Crippen molar-refractivity contribution in [1.29, 1.82) is 0 Å². The van der Waals surface area contributed by atoms with E-state index in [4.69, 9.17) is 117 Å².